The molecule has 8 heterocycles. The standard InChI is InChI=1S/C23H21N5OS.C21H17N5OS.CH3I.Na.H/c1-14-5-6-17(9-15(14)2)27(3)22-8-7-21-25-12-18(28(21)26-22)20-10-16-11-24-13-19(29-4)23(16)30-20;1-12-3-4-15(7-13(12)2)24-19-5-6-20-23-10-16(26(20)25-19)18-8-14-9-22-11-17(27)21(14)28-18;1-2;;/h5-13H,1-4H3;3-11,27H,1-2H3,(H,24,25);1H3;;/q;;;+1;-1. The fourth-order valence-corrected chi connectivity index (χ4v) is 8.79. The molecule has 12 nitrogen and oxygen atoms in total. The van der Waals surface area contributed by atoms with Crippen LogP contribution in [0.15, 0.2) is 110 Å². The van der Waals surface area contributed by atoms with E-state index in [9.17, 15) is 5.11 Å². The van der Waals surface area contributed by atoms with Crippen LogP contribution in [0.25, 0.3) is 52.6 Å². The fourth-order valence-electron chi connectivity index (χ4n) is 6.64. The van der Waals surface area contributed by atoms with Crippen LogP contribution in [0.3, 0.4) is 0 Å². The van der Waals surface area contributed by atoms with Crippen molar-refractivity contribution >= 4 is 99.7 Å². The molecule has 304 valence electrons. The monoisotopic (exact) mass is 968 g/mol. The summed E-state index contributed by atoms with van der Waals surface area (Å²) < 4.78 is 11.1. The summed E-state index contributed by atoms with van der Waals surface area (Å²) in [7, 11) is 3.70. The number of fused-ring (bicyclic) bond motifs is 4. The molecule has 10 rings (SSSR count). The predicted molar refractivity (Wildman–Crippen MR) is 256 cm³/mol. The van der Waals surface area contributed by atoms with Crippen LogP contribution in [-0.2, 0) is 0 Å². The van der Waals surface area contributed by atoms with Gasteiger partial charge in [0.15, 0.2) is 34.4 Å². The maximum absolute atomic E-state index is 10.0. The van der Waals surface area contributed by atoms with Crippen LogP contribution in [0, 0.1) is 27.7 Å². The predicted octanol–water partition coefficient (Wildman–Crippen LogP) is 8.64. The normalized spacial score (nSPS) is 10.9. The van der Waals surface area contributed by atoms with Gasteiger partial charge < -0.3 is 21.5 Å². The Morgan fingerprint density at radius 2 is 1.26 bits per heavy atom. The quantitative estimate of drug-likeness (QED) is 0.0910. The van der Waals surface area contributed by atoms with Crippen molar-refractivity contribution in [3.05, 3.63) is 132 Å². The van der Waals surface area contributed by atoms with Gasteiger partial charge in [-0.05, 0) is 116 Å². The number of halogens is 1. The number of nitrogens with one attached hydrogen (secondary N) is 1. The summed E-state index contributed by atoms with van der Waals surface area (Å²) in [5.74, 6) is 2.55. The number of alkyl halides is 1. The van der Waals surface area contributed by atoms with Gasteiger partial charge in [-0.1, -0.05) is 34.7 Å². The van der Waals surface area contributed by atoms with Crippen molar-refractivity contribution in [3.63, 3.8) is 0 Å². The van der Waals surface area contributed by atoms with Crippen molar-refractivity contribution in [1.82, 2.24) is 39.2 Å². The molecule has 2 N–H and O–H groups in total. The van der Waals surface area contributed by atoms with Gasteiger partial charge in [0.05, 0.1) is 51.1 Å². The number of aromatic hydroxyl groups is 1. The minimum absolute atomic E-state index is 0. The van der Waals surface area contributed by atoms with Crippen LogP contribution in [-0.4, -0.2) is 63.4 Å². The summed E-state index contributed by atoms with van der Waals surface area (Å²) in [6, 6.07) is 24.7. The Kier molecular flexibility index (Phi) is 13.6. The van der Waals surface area contributed by atoms with Crippen molar-refractivity contribution in [3.8, 4) is 32.6 Å². The molecule has 0 radical (unpaired) electrons. The maximum atomic E-state index is 10.0. The first-order valence-corrected chi connectivity index (χ1v) is 22.6. The number of benzene rings is 2. The number of rotatable bonds is 7. The Labute approximate surface area is 398 Å². The van der Waals surface area contributed by atoms with Gasteiger partial charge in [-0.2, -0.15) is 0 Å². The second kappa shape index (κ2) is 18.8. The summed E-state index contributed by atoms with van der Waals surface area (Å²) >= 11 is 5.30. The molecule has 0 spiro atoms. The average molecular weight is 969 g/mol. The largest absolute Gasteiger partial charge is 1.00 e. The summed E-state index contributed by atoms with van der Waals surface area (Å²) in [5.41, 5.74) is 10.5. The van der Waals surface area contributed by atoms with Gasteiger partial charge in [-0.15, -0.1) is 32.9 Å². The number of ether oxygens (including phenoxy) is 1. The molecule has 0 bridgehead atoms. The van der Waals surface area contributed by atoms with Crippen LogP contribution in [0.5, 0.6) is 11.5 Å². The van der Waals surface area contributed by atoms with E-state index in [1.807, 2.05) is 69.8 Å². The number of nitrogens with zero attached hydrogens (tertiary/aromatic N) is 9. The molecule has 0 aliphatic rings. The van der Waals surface area contributed by atoms with Gasteiger partial charge in [0.1, 0.15) is 11.4 Å². The van der Waals surface area contributed by atoms with Gasteiger partial charge in [0, 0.05) is 41.6 Å². The molecule has 0 aliphatic heterocycles. The molecule has 0 saturated carbocycles. The van der Waals surface area contributed by atoms with Crippen LogP contribution < -0.4 is 44.5 Å². The van der Waals surface area contributed by atoms with E-state index in [-0.39, 0.29) is 36.7 Å². The van der Waals surface area contributed by atoms with Crippen molar-refractivity contribution in [2.75, 3.05) is 29.3 Å². The number of aryl methyl sites for hydroxylation is 4. The van der Waals surface area contributed by atoms with Gasteiger partial charge in [0.2, 0.25) is 0 Å². The van der Waals surface area contributed by atoms with Gasteiger partial charge in [-0.3, -0.25) is 9.97 Å². The zero-order valence-corrected chi connectivity index (χ0v) is 40.8. The van der Waals surface area contributed by atoms with Crippen LogP contribution in [0.4, 0.5) is 23.0 Å². The molecule has 16 heteroatoms. The third-order valence-electron chi connectivity index (χ3n) is 10.2. The number of methoxy groups -OCH3 is 1. The van der Waals surface area contributed by atoms with Crippen LogP contribution >= 0.6 is 45.3 Å². The van der Waals surface area contributed by atoms with Crippen molar-refractivity contribution in [2.45, 2.75) is 27.7 Å². The zero-order valence-electron chi connectivity index (χ0n) is 36.0. The number of imidazole rings is 2. The third kappa shape index (κ3) is 8.94. The van der Waals surface area contributed by atoms with Crippen molar-refractivity contribution in [2.24, 2.45) is 0 Å². The van der Waals surface area contributed by atoms with E-state index < -0.39 is 0 Å². The Bertz CT molecular complexity index is 3170. The van der Waals surface area contributed by atoms with Crippen LogP contribution in [0.1, 0.15) is 23.7 Å². The summed E-state index contributed by atoms with van der Waals surface area (Å²) in [4.78, 5) is 23.4. The Morgan fingerprint density at radius 3 is 1.90 bits per heavy atom. The van der Waals surface area contributed by atoms with Gasteiger partial charge in [0.25, 0.3) is 0 Å². The Hall–Kier alpha value is -5.17. The smallest absolute Gasteiger partial charge is 1.00 e. The minimum Gasteiger partial charge on any atom is -1.00 e. The van der Waals surface area contributed by atoms with Crippen molar-refractivity contribution in [1.29, 1.82) is 0 Å². The van der Waals surface area contributed by atoms with Crippen LogP contribution in [0.2, 0.25) is 0 Å². The molecule has 0 amide bonds. The average Bonchev–Trinajstić information content (AvgIpc) is 4.08. The molecule has 0 unspecified atom stereocenters. The maximum Gasteiger partial charge on any atom is 1.00 e. The minimum atomic E-state index is 0. The molecule has 8 aromatic heterocycles. The molecule has 10 aromatic rings. The van der Waals surface area contributed by atoms with Gasteiger partial charge in [-0.25, -0.2) is 19.0 Å². The van der Waals surface area contributed by atoms with Crippen molar-refractivity contribution < 1.29 is 40.8 Å². The number of hydrogen-bond acceptors (Lipinski definition) is 12. The molecule has 2 aromatic carbocycles. The number of pyridine rings is 2. The SMILES string of the molecule is CI.COc1cncc2cc(-c3cnc4ccc(N(C)c5ccc(C)c(C)c5)nn34)sc12.Cc1ccc(Nc2ccc3ncc(-c4cc5cncc(O)c5s4)n3n2)cc1C.[H-].[Na+]. The van der Waals surface area contributed by atoms with E-state index in [1.54, 1.807) is 37.0 Å². The molecule has 0 aliphatic carbocycles. The Balaban J connectivity index is 0.000000193. The van der Waals surface area contributed by atoms with Gasteiger partial charge >= 0.3 is 29.6 Å². The second-order valence-electron chi connectivity index (χ2n) is 14.0. The summed E-state index contributed by atoms with van der Waals surface area (Å²) in [5, 5.41) is 25.0. The Morgan fingerprint density at radius 1 is 0.672 bits per heavy atom. The molecule has 61 heavy (non-hydrogen) atoms. The van der Waals surface area contributed by atoms with E-state index in [1.165, 1.54) is 39.8 Å². The summed E-state index contributed by atoms with van der Waals surface area (Å²) in [6.45, 7) is 8.44. The van der Waals surface area contributed by atoms with E-state index in [0.29, 0.717) is 0 Å². The number of thiophene rings is 2. The first kappa shape index (κ1) is 43.9. The topological polar surface area (TPSA) is 131 Å². The molecule has 0 atom stereocenters. The number of aromatic nitrogens is 8. The molecular formula is C45H42IN10NaO2S2. The van der Waals surface area contributed by atoms with E-state index in [4.69, 9.17) is 14.9 Å². The first-order chi connectivity index (χ1) is 29.1. The molecule has 0 saturated heterocycles. The third-order valence-corrected chi connectivity index (χ3v) is 12.6. The second-order valence-corrected chi connectivity index (χ2v) is 16.2. The first-order valence-electron chi connectivity index (χ1n) is 18.8. The fraction of sp³-hybridized carbons (Fsp3) is 0.156. The van der Waals surface area contributed by atoms with E-state index in [0.717, 1.165) is 81.4 Å². The van der Waals surface area contributed by atoms with E-state index >= 15 is 0 Å². The zero-order chi connectivity index (χ0) is 42.1. The molecular weight excluding hydrogens is 927 g/mol. The van der Waals surface area contributed by atoms with E-state index in [2.05, 4.69) is 117 Å². The summed E-state index contributed by atoms with van der Waals surface area (Å²) in [6.07, 6.45) is 10.5. The number of anilines is 4. The number of hydrogen-bond donors (Lipinski definition) is 2. The molecule has 0 fully saturated rings.